The van der Waals surface area contributed by atoms with Crippen LogP contribution in [0.3, 0.4) is 0 Å². The average molecular weight is 359 g/mol. The highest BCUT2D eigenvalue weighted by Gasteiger charge is 2.27. The van der Waals surface area contributed by atoms with Crippen LogP contribution in [-0.4, -0.2) is 43.6 Å². The molecule has 0 spiro atoms. The first-order valence-electron chi connectivity index (χ1n) is 8.03. The zero-order valence-electron chi connectivity index (χ0n) is 13.4. The predicted molar refractivity (Wildman–Crippen MR) is 94.9 cm³/mol. The first-order valence-corrected chi connectivity index (χ1v) is 8.41. The SMILES string of the molecule is COc1cc(Cl)ccc1C(=O)N1CCC(NCC2CC2)CC1.Cl. The van der Waals surface area contributed by atoms with Gasteiger partial charge in [-0.25, -0.2) is 0 Å². The van der Waals surface area contributed by atoms with Crippen LogP contribution >= 0.6 is 24.0 Å². The summed E-state index contributed by atoms with van der Waals surface area (Å²) >= 11 is 5.96. The van der Waals surface area contributed by atoms with Gasteiger partial charge in [0, 0.05) is 24.2 Å². The number of nitrogens with one attached hydrogen (secondary N) is 1. The van der Waals surface area contributed by atoms with Gasteiger partial charge in [0.25, 0.3) is 5.91 Å². The number of ether oxygens (including phenoxy) is 1. The molecule has 4 nitrogen and oxygen atoms in total. The Labute approximate surface area is 148 Å². The van der Waals surface area contributed by atoms with Gasteiger partial charge in [0.1, 0.15) is 5.75 Å². The molecule has 0 aromatic heterocycles. The summed E-state index contributed by atoms with van der Waals surface area (Å²) in [5.74, 6) is 1.48. The van der Waals surface area contributed by atoms with Gasteiger partial charge in [-0.05, 0) is 56.3 Å². The molecule has 1 saturated heterocycles. The lowest BCUT2D eigenvalue weighted by Gasteiger charge is -2.33. The molecule has 1 aliphatic heterocycles. The number of hydrogen-bond acceptors (Lipinski definition) is 3. The van der Waals surface area contributed by atoms with Gasteiger partial charge >= 0.3 is 0 Å². The zero-order valence-corrected chi connectivity index (χ0v) is 15.0. The van der Waals surface area contributed by atoms with Crippen LogP contribution in [0.1, 0.15) is 36.0 Å². The molecule has 1 N–H and O–H groups in total. The van der Waals surface area contributed by atoms with Crippen molar-refractivity contribution in [2.45, 2.75) is 31.7 Å². The van der Waals surface area contributed by atoms with Crippen LogP contribution in [0.5, 0.6) is 5.75 Å². The Bertz CT molecular complexity index is 541. The van der Waals surface area contributed by atoms with Gasteiger partial charge in [0.2, 0.25) is 0 Å². The van der Waals surface area contributed by atoms with Crippen molar-refractivity contribution in [2.75, 3.05) is 26.7 Å². The quantitative estimate of drug-likeness (QED) is 0.877. The number of benzene rings is 1. The van der Waals surface area contributed by atoms with Gasteiger partial charge in [0.05, 0.1) is 12.7 Å². The Balaban J connectivity index is 0.00000192. The van der Waals surface area contributed by atoms with Crippen LogP contribution in [0.2, 0.25) is 5.02 Å². The minimum absolute atomic E-state index is 0. The lowest BCUT2D eigenvalue weighted by Crippen LogP contribution is -2.45. The molecule has 1 heterocycles. The molecule has 0 bridgehead atoms. The molecule has 2 aliphatic rings. The maximum Gasteiger partial charge on any atom is 0.257 e. The molecule has 2 fully saturated rings. The molecule has 0 radical (unpaired) electrons. The van der Waals surface area contributed by atoms with Crippen LogP contribution in [0.15, 0.2) is 18.2 Å². The molecular weight excluding hydrogens is 335 g/mol. The summed E-state index contributed by atoms with van der Waals surface area (Å²) in [6.07, 6.45) is 4.80. The fourth-order valence-corrected chi connectivity index (χ4v) is 3.12. The highest BCUT2D eigenvalue weighted by molar-refractivity contribution is 6.30. The fraction of sp³-hybridized carbons (Fsp3) is 0.588. The first-order chi connectivity index (χ1) is 10.7. The van der Waals surface area contributed by atoms with E-state index in [1.807, 2.05) is 4.90 Å². The molecule has 0 unspecified atom stereocenters. The fourth-order valence-electron chi connectivity index (χ4n) is 2.95. The van der Waals surface area contributed by atoms with Crippen molar-refractivity contribution in [3.63, 3.8) is 0 Å². The molecule has 1 aromatic carbocycles. The van der Waals surface area contributed by atoms with Gasteiger partial charge in [0.15, 0.2) is 0 Å². The van der Waals surface area contributed by atoms with Crippen molar-refractivity contribution >= 4 is 29.9 Å². The number of methoxy groups -OCH3 is 1. The number of likely N-dealkylation sites (tertiary alicyclic amines) is 1. The van der Waals surface area contributed by atoms with Crippen molar-refractivity contribution in [3.8, 4) is 5.75 Å². The van der Waals surface area contributed by atoms with Crippen molar-refractivity contribution in [3.05, 3.63) is 28.8 Å². The monoisotopic (exact) mass is 358 g/mol. The van der Waals surface area contributed by atoms with E-state index in [0.29, 0.717) is 22.4 Å². The number of carbonyl (C=O) groups is 1. The summed E-state index contributed by atoms with van der Waals surface area (Å²) in [6.45, 7) is 2.74. The third-order valence-corrected chi connectivity index (χ3v) is 4.80. The van der Waals surface area contributed by atoms with E-state index in [1.165, 1.54) is 12.8 Å². The predicted octanol–water partition coefficient (Wildman–Crippen LogP) is 3.37. The second-order valence-corrected chi connectivity index (χ2v) is 6.70. The summed E-state index contributed by atoms with van der Waals surface area (Å²) in [5.41, 5.74) is 0.594. The smallest absolute Gasteiger partial charge is 0.257 e. The van der Waals surface area contributed by atoms with Crippen LogP contribution in [0, 0.1) is 5.92 Å². The molecule has 6 heteroatoms. The molecule has 0 atom stereocenters. The van der Waals surface area contributed by atoms with Crippen molar-refractivity contribution in [1.29, 1.82) is 0 Å². The Kier molecular flexibility index (Phi) is 6.57. The normalized spacial score (nSPS) is 18.4. The zero-order chi connectivity index (χ0) is 15.5. The van der Waals surface area contributed by atoms with Gasteiger partial charge in [-0.15, -0.1) is 12.4 Å². The van der Waals surface area contributed by atoms with Crippen LogP contribution in [0.4, 0.5) is 0 Å². The second kappa shape index (κ2) is 8.22. The third-order valence-electron chi connectivity index (χ3n) is 4.57. The Hall–Kier alpha value is -0.970. The lowest BCUT2D eigenvalue weighted by atomic mass is 10.0. The van der Waals surface area contributed by atoms with E-state index in [1.54, 1.807) is 25.3 Å². The summed E-state index contributed by atoms with van der Waals surface area (Å²) in [7, 11) is 1.57. The van der Waals surface area contributed by atoms with Crippen molar-refractivity contribution in [1.82, 2.24) is 10.2 Å². The third kappa shape index (κ3) is 4.75. The molecule has 1 aliphatic carbocycles. The minimum Gasteiger partial charge on any atom is -0.496 e. The van der Waals surface area contributed by atoms with E-state index in [9.17, 15) is 4.79 Å². The molecule has 128 valence electrons. The van der Waals surface area contributed by atoms with E-state index in [2.05, 4.69) is 5.32 Å². The van der Waals surface area contributed by atoms with E-state index in [-0.39, 0.29) is 18.3 Å². The van der Waals surface area contributed by atoms with Crippen LogP contribution in [-0.2, 0) is 0 Å². The standard InChI is InChI=1S/C17H23ClN2O2.ClH/c1-22-16-10-13(18)4-5-15(16)17(21)20-8-6-14(7-9-20)19-11-12-2-3-12;/h4-5,10,12,14,19H,2-3,6-9,11H2,1H3;1H. The molecular formula is C17H24Cl2N2O2. The van der Waals surface area contributed by atoms with Crippen molar-refractivity contribution in [2.24, 2.45) is 5.92 Å². The highest BCUT2D eigenvalue weighted by Crippen LogP contribution is 2.28. The van der Waals surface area contributed by atoms with Gasteiger partial charge in [-0.2, -0.15) is 0 Å². The lowest BCUT2D eigenvalue weighted by molar-refractivity contribution is 0.0701. The maximum absolute atomic E-state index is 12.7. The van der Waals surface area contributed by atoms with Crippen LogP contribution in [0.25, 0.3) is 0 Å². The number of rotatable bonds is 5. The number of nitrogens with zero attached hydrogens (tertiary/aromatic N) is 1. The maximum atomic E-state index is 12.7. The summed E-state index contributed by atoms with van der Waals surface area (Å²) in [5, 5.41) is 4.21. The number of amides is 1. The molecule has 23 heavy (non-hydrogen) atoms. The first kappa shape index (κ1) is 18.4. The largest absolute Gasteiger partial charge is 0.496 e. The van der Waals surface area contributed by atoms with E-state index in [4.69, 9.17) is 16.3 Å². The number of hydrogen-bond donors (Lipinski definition) is 1. The molecule has 3 rings (SSSR count). The number of halogens is 2. The van der Waals surface area contributed by atoms with Crippen molar-refractivity contribution < 1.29 is 9.53 Å². The van der Waals surface area contributed by atoms with Gasteiger partial charge < -0.3 is 15.0 Å². The van der Waals surface area contributed by atoms with E-state index in [0.717, 1.165) is 38.4 Å². The Morgan fingerprint density at radius 3 is 2.61 bits per heavy atom. The van der Waals surface area contributed by atoms with E-state index < -0.39 is 0 Å². The number of carbonyl (C=O) groups excluding carboxylic acids is 1. The van der Waals surface area contributed by atoms with Gasteiger partial charge in [-0.1, -0.05) is 11.6 Å². The average Bonchev–Trinajstić information content (AvgIpc) is 3.37. The topological polar surface area (TPSA) is 41.6 Å². The summed E-state index contributed by atoms with van der Waals surface area (Å²) < 4.78 is 5.29. The number of piperidine rings is 1. The molecule has 1 amide bonds. The Morgan fingerprint density at radius 2 is 2.00 bits per heavy atom. The van der Waals surface area contributed by atoms with E-state index >= 15 is 0 Å². The molecule has 1 aromatic rings. The summed E-state index contributed by atoms with van der Waals surface area (Å²) in [4.78, 5) is 14.6. The van der Waals surface area contributed by atoms with Crippen LogP contribution < -0.4 is 10.1 Å². The Morgan fingerprint density at radius 1 is 1.30 bits per heavy atom. The highest BCUT2D eigenvalue weighted by atomic mass is 35.5. The molecule has 1 saturated carbocycles. The van der Waals surface area contributed by atoms with Gasteiger partial charge in [-0.3, -0.25) is 4.79 Å². The minimum atomic E-state index is 0. The summed E-state index contributed by atoms with van der Waals surface area (Å²) in [6, 6.07) is 5.73. The second-order valence-electron chi connectivity index (χ2n) is 6.26.